The Bertz CT molecular complexity index is 1380. The van der Waals surface area contributed by atoms with Gasteiger partial charge in [-0.1, -0.05) is 29.8 Å². The smallest absolute Gasteiger partial charge is 0.0906 e. The van der Waals surface area contributed by atoms with E-state index in [9.17, 15) is 0 Å². The van der Waals surface area contributed by atoms with E-state index in [0.29, 0.717) is 48.4 Å². The minimum atomic E-state index is -0.0223. The van der Waals surface area contributed by atoms with Crippen LogP contribution in [0.3, 0.4) is 0 Å². The number of anilines is 3. The number of nitrogens with zero attached hydrogens (tertiary/aromatic N) is 5. The van der Waals surface area contributed by atoms with Gasteiger partial charge in [0.1, 0.15) is 0 Å². The van der Waals surface area contributed by atoms with E-state index in [1.807, 2.05) is 0 Å². The lowest BCUT2D eigenvalue weighted by Gasteiger charge is -2.45. The quantitative estimate of drug-likeness (QED) is 0.105. The third-order valence-corrected chi connectivity index (χ3v) is 10.8. The van der Waals surface area contributed by atoms with Crippen molar-refractivity contribution in [1.29, 1.82) is 0 Å². The Morgan fingerprint density at radius 3 is 1.24 bits per heavy atom. The highest BCUT2D eigenvalue weighted by atomic mass is 35.5. The largest absolute Gasteiger partial charge is 0.369 e. The predicted octanol–water partition coefficient (Wildman–Crippen LogP) is 10.2. The van der Waals surface area contributed by atoms with E-state index in [1.165, 1.54) is 22.3 Å². The molecular formula is C38H50Cl7N5. The molecule has 0 amide bonds. The zero-order chi connectivity index (χ0) is 36.0. The number of aryl methyl sites for hydroxylation is 2. The molecule has 0 bridgehead atoms. The lowest BCUT2D eigenvalue weighted by Crippen LogP contribution is -2.47. The van der Waals surface area contributed by atoms with Gasteiger partial charge >= 0.3 is 0 Å². The van der Waals surface area contributed by atoms with Gasteiger partial charge in [0.15, 0.2) is 0 Å². The Balaban J connectivity index is 1.69. The summed E-state index contributed by atoms with van der Waals surface area (Å²) < 4.78 is 0. The zero-order valence-electron chi connectivity index (χ0n) is 29.2. The van der Waals surface area contributed by atoms with Crippen LogP contribution in [0.25, 0.3) is 0 Å². The van der Waals surface area contributed by atoms with Crippen LogP contribution in [0.5, 0.6) is 0 Å². The summed E-state index contributed by atoms with van der Waals surface area (Å²) in [5.41, 5.74) is 9.50. The van der Waals surface area contributed by atoms with Crippen molar-refractivity contribution in [3.63, 3.8) is 0 Å². The molecule has 1 aliphatic rings. The summed E-state index contributed by atoms with van der Waals surface area (Å²) in [6.45, 7) is 12.3. The molecule has 12 heteroatoms. The summed E-state index contributed by atoms with van der Waals surface area (Å²) in [6, 6.07) is 19.9. The molecule has 5 nitrogen and oxygen atoms in total. The Morgan fingerprint density at radius 1 is 0.540 bits per heavy atom. The average molecular weight is 825 g/mol. The Labute approximate surface area is 335 Å². The van der Waals surface area contributed by atoms with Crippen molar-refractivity contribution < 1.29 is 0 Å². The Morgan fingerprint density at radius 2 is 0.900 bits per heavy atom. The van der Waals surface area contributed by atoms with Crippen LogP contribution in [0.2, 0.25) is 5.02 Å². The summed E-state index contributed by atoms with van der Waals surface area (Å²) in [6.07, 6.45) is 1.03. The first kappa shape index (κ1) is 41.8. The van der Waals surface area contributed by atoms with Gasteiger partial charge in [-0.05, 0) is 78.9 Å². The van der Waals surface area contributed by atoms with Crippen molar-refractivity contribution >= 4 is 98.3 Å². The number of rotatable bonds is 20. The van der Waals surface area contributed by atoms with Gasteiger partial charge in [0, 0.05) is 128 Å². The van der Waals surface area contributed by atoms with Gasteiger partial charge in [-0.3, -0.25) is 9.80 Å². The molecule has 0 spiro atoms. The highest BCUT2D eigenvalue weighted by Gasteiger charge is 2.33. The van der Waals surface area contributed by atoms with Gasteiger partial charge in [0.25, 0.3) is 0 Å². The molecule has 0 atom stereocenters. The van der Waals surface area contributed by atoms with Crippen LogP contribution in [0.1, 0.15) is 40.4 Å². The first-order valence-electron chi connectivity index (χ1n) is 17.4. The Hall–Kier alpha value is -0.990. The number of benzene rings is 3. The number of hydrogen-bond acceptors (Lipinski definition) is 5. The van der Waals surface area contributed by atoms with E-state index in [-0.39, 0.29) is 6.17 Å². The molecule has 0 aromatic heterocycles. The molecular weight excluding hydrogens is 775 g/mol. The maximum Gasteiger partial charge on any atom is 0.0906 e. The molecule has 4 rings (SSSR count). The fourth-order valence-corrected chi connectivity index (χ4v) is 8.36. The summed E-state index contributed by atoms with van der Waals surface area (Å²) in [4.78, 5) is 11.8. The molecule has 3 aromatic carbocycles. The van der Waals surface area contributed by atoms with Crippen LogP contribution >= 0.6 is 81.2 Å². The van der Waals surface area contributed by atoms with Crippen molar-refractivity contribution in [3.8, 4) is 0 Å². The minimum Gasteiger partial charge on any atom is -0.369 e. The molecule has 0 saturated carbocycles. The predicted molar refractivity (Wildman–Crippen MR) is 223 cm³/mol. The van der Waals surface area contributed by atoms with E-state index >= 15 is 0 Å². The SMILES string of the molecule is Cc1cc(N(CCCl)CCCl)ccc1CN1CCCN(Cc2ccc(N(CCCl)CCCl)cc2C)C1c1ccc(N(CCCl)CCCl)cc1Cl. The van der Waals surface area contributed by atoms with E-state index < -0.39 is 0 Å². The van der Waals surface area contributed by atoms with Gasteiger partial charge in [-0.2, -0.15) is 0 Å². The van der Waals surface area contributed by atoms with Crippen molar-refractivity contribution in [2.75, 3.05) is 102 Å². The molecule has 0 aliphatic carbocycles. The molecule has 3 aromatic rings. The molecule has 1 saturated heterocycles. The maximum absolute atomic E-state index is 7.24. The van der Waals surface area contributed by atoms with E-state index in [1.54, 1.807) is 0 Å². The first-order valence-corrected chi connectivity index (χ1v) is 20.9. The second-order valence-corrected chi connectivity index (χ2v) is 15.4. The zero-order valence-corrected chi connectivity index (χ0v) is 34.5. The second kappa shape index (κ2) is 21.6. The molecule has 0 radical (unpaired) electrons. The van der Waals surface area contributed by atoms with Gasteiger partial charge in [-0.15, -0.1) is 69.6 Å². The fourth-order valence-electron chi connectivity index (χ4n) is 6.87. The number of alkyl halides is 6. The van der Waals surface area contributed by atoms with Crippen LogP contribution in [-0.4, -0.2) is 97.4 Å². The van der Waals surface area contributed by atoms with Crippen LogP contribution in [0.4, 0.5) is 17.1 Å². The van der Waals surface area contributed by atoms with Crippen molar-refractivity contribution in [2.45, 2.75) is 39.5 Å². The highest BCUT2D eigenvalue weighted by molar-refractivity contribution is 6.31. The van der Waals surface area contributed by atoms with Crippen molar-refractivity contribution in [1.82, 2.24) is 9.80 Å². The topological polar surface area (TPSA) is 16.2 Å². The maximum atomic E-state index is 7.24. The molecule has 1 aliphatic heterocycles. The lowest BCUT2D eigenvalue weighted by molar-refractivity contribution is -0.00921. The van der Waals surface area contributed by atoms with Crippen molar-refractivity contribution in [3.05, 3.63) is 87.4 Å². The van der Waals surface area contributed by atoms with Gasteiger partial charge in [-0.25, -0.2) is 0 Å². The summed E-state index contributed by atoms with van der Waals surface area (Å²) >= 11 is 44.0. The van der Waals surface area contributed by atoms with Crippen LogP contribution in [-0.2, 0) is 13.1 Å². The normalized spacial score (nSPS) is 14.3. The van der Waals surface area contributed by atoms with E-state index in [2.05, 4.69) is 92.9 Å². The number of hydrogen-bond donors (Lipinski definition) is 0. The van der Waals surface area contributed by atoms with Crippen LogP contribution in [0.15, 0.2) is 54.6 Å². The second-order valence-electron chi connectivity index (χ2n) is 12.7. The molecule has 0 unspecified atom stereocenters. The molecule has 50 heavy (non-hydrogen) atoms. The first-order chi connectivity index (χ1) is 24.3. The third kappa shape index (κ3) is 11.3. The standard InChI is InChI=1S/C38H50Cl7N5/c1-29-24-33(46(18-10-39)19-11-40)6-4-31(29)27-49-16-3-17-50(28-32-5-7-34(25-30(32)2)47(20-12-41)21-13-42)38(49)36-9-8-35(26-37(36)45)48(22-14-43)23-15-44/h4-9,24-26,38H,3,10-23,27-28H2,1-2H3. The monoisotopic (exact) mass is 821 g/mol. The molecule has 0 N–H and O–H groups in total. The fraction of sp³-hybridized carbons (Fsp3) is 0.526. The number of halogens is 7. The molecule has 1 fully saturated rings. The highest BCUT2D eigenvalue weighted by Crippen LogP contribution is 2.38. The molecule has 1 heterocycles. The minimum absolute atomic E-state index is 0.0223. The van der Waals surface area contributed by atoms with Crippen LogP contribution in [0, 0.1) is 13.8 Å². The summed E-state index contributed by atoms with van der Waals surface area (Å²) in [7, 11) is 0. The van der Waals surface area contributed by atoms with Gasteiger partial charge in [0.05, 0.1) is 6.17 Å². The van der Waals surface area contributed by atoms with Crippen LogP contribution < -0.4 is 14.7 Å². The van der Waals surface area contributed by atoms with E-state index in [4.69, 9.17) is 81.2 Å². The average Bonchev–Trinajstić information content (AvgIpc) is 3.10. The third-order valence-electron chi connectivity index (χ3n) is 9.47. The lowest BCUT2D eigenvalue weighted by atomic mass is 10.0. The van der Waals surface area contributed by atoms with Crippen molar-refractivity contribution in [2.24, 2.45) is 0 Å². The van der Waals surface area contributed by atoms with Gasteiger partial charge in [0.2, 0.25) is 0 Å². The summed E-state index contributed by atoms with van der Waals surface area (Å²) in [5.74, 6) is 3.25. The van der Waals surface area contributed by atoms with E-state index in [0.717, 1.165) is 86.4 Å². The summed E-state index contributed by atoms with van der Waals surface area (Å²) in [5, 5.41) is 0.744. The Kier molecular flexibility index (Phi) is 18.1. The van der Waals surface area contributed by atoms with Gasteiger partial charge < -0.3 is 14.7 Å². The molecule has 276 valence electrons.